The van der Waals surface area contributed by atoms with E-state index in [2.05, 4.69) is 78.0 Å². The van der Waals surface area contributed by atoms with Gasteiger partial charge in [-0.3, -0.25) is 0 Å². The van der Waals surface area contributed by atoms with Gasteiger partial charge in [-0.1, -0.05) is 37.4 Å². The number of imidazole rings is 1. The molecule has 1 aromatic carbocycles. The highest BCUT2D eigenvalue weighted by atomic mass is 14.9. The fraction of sp³-hybridized carbons (Fsp3) is 0.300. The highest BCUT2D eigenvalue weighted by Gasteiger charge is 2.00. The standard InChI is InChI=1S/C20H23N3/c1-4-5-10-23-11-6-7-17(14-23)8-9-20-21-18-12-15(2)16(3)13-19(18)22-20/h6-9,11-14H,4-5,10H2,1-3H3/b9-8+. The third kappa shape index (κ3) is 3.67. The van der Waals surface area contributed by atoms with Crippen molar-refractivity contribution in [2.75, 3.05) is 0 Å². The molecule has 0 aliphatic carbocycles. The quantitative estimate of drug-likeness (QED) is 0.665. The van der Waals surface area contributed by atoms with Crippen LogP contribution in [0.5, 0.6) is 0 Å². The van der Waals surface area contributed by atoms with E-state index in [1.54, 1.807) is 0 Å². The summed E-state index contributed by atoms with van der Waals surface area (Å²) in [7, 11) is 0. The van der Waals surface area contributed by atoms with Crippen LogP contribution in [0.15, 0.2) is 36.7 Å². The van der Waals surface area contributed by atoms with Gasteiger partial charge in [0.1, 0.15) is 6.54 Å². The number of benzene rings is 1. The van der Waals surface area contributed by atoms with Gasteiger partial charge in [0.25, 0.3) is 0 Å². The molecule has 3 heteroatoms. The SMILES string of the molecule is CCCC[n+]1cccc(/C=C/c2nc3cc(C)c(C)cc3[n-]2)c1. The predicted molar refractivity (Wildman–Crippen MR) is 95.0 cm³/mol. The molecule has 0 unspecified atom stereocenters. The second kappa shape index (κ2) is 6.78. The first-order valence-corrected chi connectivity index (χ1v) is 8.24. The lowest BCUT2D eigenvalue weighted by atomic mass is 10.1. The second-order valence-electron chi connectivity index (χ2n) is 6.07. The van der Waals surface area contributed by atoms with E-state index in [4.69, 9.17) is 0 Å². The van der Waals surface area contributed by atoms with E-state index in [0.717, 1.165) is 23.4 Å². The van der Waals surface area contributed by atoms with Crippen LogP contribution in [0.4, 0.5) is 0 Å². The van der Waals surface area contributed by atoms with E-state index < -0.39 is 0 Å². The molecule has 0 atom stereocenters. The Bertz CT molecular complexity index is 804. The van der Waals surface area contributed by atoms with Gasteiger partial charge in [0.05, 0.1) is 0 Å². The van der Waals surface area contributed by atoms with E-state index in [1.165, 1.54) is 29.5 Å². The van der Waals surface area contributed by atoms with Crippen LogP contribution in [0, 0.1) is 13.8 Å². The molecule has 2 heterocycles. The second-order valence-corrected chi connectivity index (χ2v) is 6.07. The van der Waals surface area contributed by atoms with Crippen LogP contribution in [0.2, 0.25) is 0 Å². The van der Waals surface area contributed by atoms with Crippen molar-refractivity contribution in [2.45, 2.75) is 40.2 Å². The first kappa shape index (κ1) is 15.5. The van der Waals surface area contributed by atoms with Gasteiger partial charge in [0.15, 0.2) is 12.4 Å². The molecule has 23 heavy (non-hydrogen) atoms. The Balaban J connectivity index is 1.82. The molecule has 3 rings (SSSR count). The minimum atomic E-state index is 0.772. The highest BCUT2D eigenvalue weighted by Crippen LogP contribution is 2.17. The topological polar surface area (TPSA) is 30.9 Å². The summed E-state index contributed by atoms with van der Waals surface area (Å²) >= 11 is 0. The minimum Gasteiger partial charge on any atom is -0.436 e. The maximum atomic E-state index is 4.60. The smallest absolute Gasteiger partial charge is 0.176 e. The molecule has 3 aromatic rings. The van der Waals surface area contributed by atoms with Crippen molar-refractivity contribution in [3.8, 4) is 0 Å². The molecule has 0 N–H and O–H groups in total. The Hall–Kier alpha value is -2.42. The number of aryl methyl sites for hydroxylation is 3. The number of aromatic nitrogens is 3. The number of nitrogens with zero attached hydrogens (tertiary/aromatic N) is 3. The van der Waals surface area contributed by atoms with Crippen molar-refractivity contribution in [1.82, 2.24) is 9.97 Å². The lowest BCUT2D eigenvalue weighted by Gasteiger charge is -2.01. The number of hydrogen-bond acceptors (Lipinski definition) is 1. The molecule has 0 saturated heterocycles. The molecular formula is C20H23N3. The van der Waals surface area contributed by atoms with Gasteiger partial charge in [-0.25, -0.2) is 4.57 Å². The Morgan fingerprint density at radius 3 is 2.83 bits per heavy atom. The largest absolute Gasteiger partial charge is 0.436 e. The molecule has 0 aliphatic heterocycles. The Kier molecular flexibility index (Phi) is 4.56. The average Bonchev–Trinajstić information content (AvgIpc) is 2.93. The zero-order chi connectivity index (χ0) is 16.2. The van der Waals surface area contributed by atoms with Crippen LogP contribution in [0.25, 0.3) is 23.2 Å². The van der Waals surface area contributed by atoms with Crippen molar-refractivity contribution in [1.29, 1.82) is 0 Å². The summed E-state index contributed by atoms with van der Waals surface area (Å²) in [6, 6.07) is 8.41. The third-order valence-corrected chi connectivity index (χ3v) is 4.14. The molecule has 0 aliphatic rings. The number of fused-ring (bicyclic) bond motifs is 1. The molecule has 0 saturated carbocycles. The molecule has 0 radical (unpaired) electrons. The van der Waals surface area contributed by atoms with Gasteiger partial charge in [-0.05, 0) is 48.2 Å². The van der Waals surface area contributed by atoms with Crippen molar-refractivity contribution < 1.29 is 4.57 Å². The maximum Gasteiger partial charge on any atom is 0.176 e. The van der Waals surface area contributed by atoms with Crippen molar-refractivity contribution in [3.63, 3.8) is 0 Å². The third-order valence-electron chi connectivity index (χ3n) is 4.14. The van der Waals surface area contributed by atoms with E-state index >= 15 is 0 Å². The Labute approximate surface area is 137 Å². The first-order valence-electron chi connectivity index (χ1n) is 8.24. The van der Waals surface area contributed by atoms with Crippen LogP contribution in [-0.4, -0.2) is 4.98 Å². The molecule has 2 aromatic heterocycles. The van der Waals surface area contributed by atoms with Gasteiger partial charge in [0.2, 0.25) is 0 Å². The summed E-state index contributed by atoms with van der Waals surface area (Å²) in [6.45, 7) is 7.49. The molecule has 118 valence electrons. The van der Waals surface area contributed by atoms with Gasteiger partial charge in [-0.2, -0.15) is 0 Å². The zero-order valence-corrected chi connectivity index (χ0v) is 14.1. The van der Waals surface area contributed by atoms with Gasteiger partial charge < -0.3 is 9.97 Å². The van der Waals surface area contributed by atoms with E-state index in [0.29, 0.717) is 0 Å². The van der Waals surface area contributed by atoms with Crippen molar-refractivity contribution >= 4 is 23.2 Å². The summed E-state index contributed by atoms with van der Waals surface area (Å²) in [5.74, 6) is 0.772. The lowest BCUT2D eigenvalue weighted by Crippen LogP contribution is -2.32. The fourth-order valence-corrected chi connectivity index (χ4v) is 2.60. The lowest BCUT2D eigenvalue weighted by molar-refractivity contribution is -0.697. The number of unbranched alkanes of at least 4 members (excludes halogenated alkanes) is 1. The van der Waals surface area contributed by atoms with Crippen LogP contribution in [-0.2, 0) is 6.54 Å². The minimum absolute atomic E-state index is 0.772. The average molecular weight is 305 g/mol. The van der Waals surface area contributed by atoms with E-state index in [1.807, 2.05) is 6.08 Å². The van der Waals surface area contributed by atoms with Crippen LogP contribution < -0.4 is 9.55 Å². The summed E-state index contributed by atoms with van der Waals surface area (Å²) in [5.41, 5.74) is 5.63. The molecule has 0 amide bonds. The van der Waals surface area contributed by atoms with Gasteiger partial charge >= 0.3 is 0 Å². The molecule has 0 bridgehead atoms. The predicted octanol–water partition coefficient (Wildman–Crippen LogP) is 4.07. The molecule has 0 spiro atoms. The Morgan fingerprint density at radius 2 is 2.00 bits per heavy atom. The molecule has 3 nitrogen and oxygen atoms in total. The molecular weight excluding hydrogens is 282 g/mol. The summed E-state index contributed by atoms with van der Waals surface area (Å²) < 4.78 is 2.23. The number of hydrogen-bond donors (Lipinski definition) is 0. The Morgan fingerprint density at radius 1 is 1.17 bits per heavy atom. The summed E-state index contributed by atoms with van der Waals surface area (Å²) in [4.78, 5) is 9.19. The van der Waals surface area contributed by atoms with Crippen LogP contribution >= 0.6 is 0 Å². The number of pyridine rings is 1. The van der Waals surface area contributed by atoms with Gasteiger partial charge in [0, 0.05) is 18.1 Å². The van der Waals surface area contributed by atoms with E-state index in [9.17, 15) is 0 Å². The highest BCUT2D eigenvalue weighted by molar-refractivity contribution is 5.80. The monoisotopic (exact) mass is 305 g/mol. The summed E-state index contributed by atoms with van der Waals surface area (Å²) in [6.07, 6.45) is 10.8. The first-order chi connectivity index (χ1) is 11.2. The van der Waals surface area contributed by atoms with Crippen molar-refractivity contribution in [2.24, 2.45) is 0 Å². The number of rotatable bonds is 5. The maximum absolute atomic E-state index is 4.60. The van der Waals surface area contributed by atoms with Crippen LogP contribution in [0.1, 0.15) is 42.3 Å². The normalized spacial score (nSPS) is 11.6. The van der Waals surface area contributed by atoms with Crippen LogP contribution in [0.3, 0.4) is 0 Å². The van der Waals surface area contributed by atoms with Crippen molar-refractivity contribution in [3.05, 3.63) is 59.2 Å². The van der Waals surface area contributed by atoms with Gasteiger partial charge in [-0.15, -0.1) is 0 Å². The zero-order valence-electron chi connectivity index (χ0n) is 14.1. The molecule has 0 fully saturated rings. The summed E-state index contributed by atoms with van der Waals surface area (Å²) in [5, 5.41) is 0. The van der Waals surface area contributed by atoms with E-state index in [-0.39, 0.29) is 0 Å². The fourth-order valence-electron chi connectivity index (χ4n) is 2.60.